The number of ether oxygens (including phenoxy) is 2. The number of hydrogen-bond acceptors (Lipinski definition) is 5. The lowest BCUT2D eigenvalue weighted by atomic mass is 9.87. The molecule has 5 heteroatoms. The fourth-order valence-electron chi connectivity index (χ4n) is 3.98. The number of nitrogens with one attached hydrogen (secondary N) is 1. The maximum Gasteiger partial charge on any atom is 0.120 e. The molecular formula is C20H26N2O3. The van der Waals surface area contributed by atoms with E-state index in [0.717, 1.165) is 62.7 Å². The predicted molar refractivity (Wildman–Crippen MR) is 96.9 cm³/mol. The summed E-state index contributed by atoms with van der Waals surface area (Å²) in [6, 6.07) is 12.5. The number of rotatable bonds is 5. The Kier molecular flexibility index (Phi) is 4.68. The second-order valence-corrected chi connectivity index (χ2v) is 7.13. The highest BCUT2D eigenvalue weighted by molar-refractivity contribution is 5.49. The number of nitrogens with zero attached hydrogens (tertiary/aromatic N) is 1. The number of furan rings is 1. The van der Waals surface area contributed by atoms with Crippen LogP contribution >= 0.6 is 0 Å². The highest BCUT2D eigenvalue weighted by atomic mass is 16.5. The fourth-order valence-corrected chi connectivity index (χ4v) is 3.98. The van der Waals surface area contributed by atoms with Crippen molar-refractivity contribution in [1.82, 2.24) is 4.90 Å². The van der Waals surface area contributed by atoms with Crippen molar-refractivity contribution in [3.63, 3.8) is 0 Å². The Balaban J connectivity index is 1.30. The van der Waals surface area contributed by atoms with Crippen molar-refractivity contribution >= 4 is 5.69 Å². The van der Waals surface area contributed by atoms with E-state index >= 15 is 0 Å². The maximum absolute atomic E-state index is 6.26. The topological polar surface area (TPSA) is 46.9 Å². The van der Waals surface area contributed by atoms with Crippen LogP contribution in [0.1, 0.15) is 25.0 Å². The summed E-state index contributed by atoms with van der Waals surface area (Å²) in [7, 11) is 1.70. The van der Waals surface area contributed by atoms with Gasteiger partial charge in [-0.25, -0.2) is 0 Å². The van der Waals surface area contributed by atoms with Gasteiger partial charge in [-0.3, -0.25) is 4.90 Å². The Morgan fingerprint density at radius 1 is 1.24 bits per heavy atom. The van der Waals surface area contributed by atoms with Gasteiger partial charge in [0, 0.05) is 24.8 Å². The minimum absolute atomic E-state index is 0.0379. The van der Waals surface area contributed by atoms with E-state index < -0.39 is 0 Å². The van der Waals surface area contributed by atoms with Crippen LogP contribution < -0.4 is 10.1 Å². The first-order chi connectivity index (χ1) is 12.2. The molecule has 5 nitrogen and oxygen atoms in total. The lowest BCUT2D eigenvalue weighted by molar-refractivity contribution is -0.0456. The Morgan fingerprint density at radius 3 is 2.88 bits per heavy atom. The lowest BCUT2D eigenvalue weighted by Crippen LogP contribution is -2.44. The number of methoxy groups -OCH3 is 1. The van der Waals surface area contributed by atoms with Crippen LogP contribution in [0, 0.1) is 0 Å². The smallest absolute Gasteiger partial charge is 0.120 e. The van der Waals surface area contributed by atoms with E-state index in [9.17, 15) is 0 Å². The third-order valence-corrected chi connectivity index (χ3v) is 5.38. The Morgan fingerprint density at radius 2 is 2.12 bits per heavy atom. The second-order valence-electron chi connectivity index (χ2n) is 7.13. The van der Waals surface area contributed by atoms with Crippen molar-refractivity contribution in [2.75, 3.05) is 32.1 Å². The van der Waals surface area contributed by atoms with E-state index in [1.165, 1.54) is 0 Å². The largest absolute Gasteiger partial charge is 0.497 e. The molecule has 2 aliphatic rings. The Hall–Kier alpha value is -1.98. The lowest BCUT2D eigenvalue weighted by Gasteiger charge is -2.38. The molecule has 2 fully saturated rings. The van der Waals surface area contributed by atoms with Crippen molar-refractivity contribution in [3.8, 4) is 5.75 Å². The standard InChI is InChI=1S/C20H26N2O3/c1-23-18-5-2-4-16(12-18)21-17-13-20(25-15-17)7-9-22(10-8-20)14-19-6-3-11-24-19/h2-6,11-12,17,21H,7-10,13-15H2,1H3/t17-/m0/s1. The van der Waals surface area contributed by atoms with Crippen LogP contribution in [0.3, 0.4) is 0 Å². The summed E-state index contributed by atoms with van der Waals surface area (Å²) in [5, 5.41) is 3.60. The van der Waals surface area contributed by atoms with Gasteiger partial charge in [-0.05, 0) is 43.5 Å². The molecule has 0 saturated carbocycles. The van der Waals surface area contributed by atoms with Gasteiger partial charge in [0.1, 0.15) is 11.5 Å². The molecule has 1 N–H and O–H groups in total. The summed E-state index contributed by atoms with van der Waals surface area (Å²) >= 11 is 0. The molecule has 1 aromatic carbocycles. The average molecular weight is 342 g/mol. The van der Waals surface area contributed by atoms with Crippen LogP contribution in [-0.2, 0) is 11.3 Å². The van der Waals surface area contributed by atoms with E-state index in [1.54, 1.807) is 13.4 Å². The summed E-state index contributed by atoms with van der Waals surface area (Å²) in [5.41, 5.74) is 1.14. The zero-order chi connectivity index (χ0) is 17.1. The van der Waals surface area contributed by atoms with Crippen LogP contribution in [-0.4, -0.2) is 43.3 Å². The van der Waals surface area contributed by atoms with E-state index in [0.29, 0.717) is 6.04 Å². The Labute approximate surface area is 148 Å². The first-order valence-corrected chi connectivity index (χ1v) is 9.04. The van der Waals surface area contributed by atoms with Gasteiger partial charge in [0.15, 0.2) is 0 Å². The highest BCUT2D eigenvalue weighted by Crippen LogP contribution is 2.37. The minimum Gasteiger partial charge on any atom is -0.497 e. The zero-order valence-electron chi connectivity index (χ0n) is 14.7. The van der Waals surface area contributed by atoms with Crippen molar-refractivity contribution in [3.05, 3.63) is 48.4 Å². The third-order valence-electron chi connectivity index (χ3n) is 5.38. The SMILES string of the molecule is COc1cccc(N[C@@H]2COC3(CCN(Cc4ccco4)CC3)C2)c1. The van der Waals surface area contributed by atoms with Gasteiger partial charge in [0.05, 0.1) is 38.2 Å². The quantitative estimate of drug-likeness (QED) is 0.901. The van der Waals surface area contributed by atoms with Gasteiger partial charge >= 0.3 is 0 Å². The van der Waals surface area contributed by atoms with Crippen LogP contribution in [0.4, 0.5) is 5.69 Å². The molecule has 0 aliphatic carbocycles. The van der Waals surface area contributed by atoms with Crippen molar-refractivity contribution in [2.45, 2.75) is 37.5 Å². The molecule has 0 bridgehead atoms. The van der Waals surface area contributed by atoms with Gasteiger partial charge < -0.3 is 19.2 Å². The number of piperidine rings is 1. The van der Waals surface area contributed by atoms with E-state index in [2.05, 4.69) is 16.3 Å². The Bertz CT molecular complexity index is 678. The highest BCUT2D eigenvalue weighted by Gasteiger charge is 2.42. The summed E-state index contributed by atoms with van der Waals surface area (Å²) in [6.45, 7) is 3.79. The minimum atomic E-state index is 0.0379. The second kappa shape index (κ2) is 7.10. The number of benzene rings is 1. The summed E-state index contributed by atoms with van der Waals surface area (Å²) in [6.07, 6.45) is 4.99. The molecule has 1 atom stereocenters. The first-order valence-electron chi connectivity index (χ1n) is 9.04. The van der Waals surface area contributed by atoms with Crippen molar-refractivity contribution in [1.29, 1.82) is 0 Å². The molecule has 2 aromatic rings. The molecule has 2 saturated heterocycles. The van der Waals surface area contributed by atoms with E-state index in [1.807, 2.05) is 30.3 Å². The van der Waals surface area contributed by atoms with Gasteiger partial charge in [0.25, 0.3) is 0 Å². The molecule has 4 rings (SSSR count). The van der Waals surface area contributed by atoms with E-state index in [-0.39, 0.29) is 5.60 Å². The maximum atomic E-state index is 6.26. The van der Waals surface area contributed by atoms with E-state index in [4.69, 9.17) is 13.9 Å². The molecule has 1 aromatic heterocycles. The molecule has 25 heavy (non-hydrogen) atoms. The molecule has 134 valence electrons. The van der Waals surface area contributed by atoms with Gasteiger partial charge in [0.2, 0.25) is 0 Å². The summed E-state index contributed by atoms with van der Waals surface area (Å²) in [4.78, 5) is 2.45. The molecule has 2 aliphatic heterocycles. The predicted octanol–water partition coefficient (Wildman–Crippen LogP) is 3.52. The molecule has 0 amide bonds. The molecule has 0 radical (unpaired) electrons. The number of hydrogen-bond donors (Lipinski definition) is 1. The fraction of sp³-hybridized carbons (Fsp3) is 0.500. The van der Waals surface area contributed by atoms with Gasteiger partial charge in [-0.15, -0.1) is 0 Å². The van der Waals surface area contributed by atoms with Crippen LogP contribution in [0.5, 0.6) is 5.75 Å². The number of likely N-dealkylation sites (tertiary alicyclic amines) is 1. The first kappa shape index (κ1) is 16.5. The molecule has 1 spiro atoms. The van der Waals surface area contributed by atoms with Crippen LogP contribution in [0.25, 0.3) is 0 Å². The van der Waals surface area contributed by atoms with Crippen LogP contribution in [0.2, 0.25) is 0 Å². The average Bonchev–Trinajstić information content (AvgIpc) is 3.28. The van der Waals surface area contributed by atoms with Gasteiger partial charge in [-0.2, -0.15) is 0 Å². The number of anilines is 1. The molecule has 0 unspecified atom stereocenters. The van der Waals surface area contributed by atoms with Crippen molar-refractivity contribution in [2.24, 2.45) is 0 Å². The molecular weight excluding hydrogens is 316 g/mol. The molecule has 3 heterocycles. The van der Waals surface area contributed by atoms with Gasteiger partial charge in [-0.1, -0.05) is 6.07 Å². The monoisotopic (exact) mass is 342 g/mol. The van der Waals surface area contributed by atoms with Crippen molar-refractivity contribution < 1.29 is 13.9 Å². The summed E-state index contributed by atoms with van der Waals surface area (Å²) in [5.74, 6) is 1.92. The van der Waals surface area contributed by atoms with Crippen LogP contribution in [0.15, 0.2) is 47.1 Å². The zero-order valence-corrected chi connectivity index (χ0v) is 14.7. The normalized spacial score (nSPS) is 23.0. The third kappa shape index (κ3) is 3.83. The summed E-state index contributed by atoms with van der Waals surface area (Å²) < 4.78 is 17.0.